The van der Waals surface area contributed by atoms with Crippen molar-refractivity contribution in [3.05, 3.63) is 46.3 Å². The number of para-hydroxylation sites is 1. The van der Waals surface area contributed by atoms with Crippen LogP contribution in [0.3, 0.4) is 0 Å². The van der Waals surface area contributed by atoms with E-state index in [1.54, 1.807) is 12.1 Å². The molecule has 0 bridgehead atoms. The molecule has 6 heteroatoms. The van der Waals surface area contributed by atoms with Gasteiger partial charge in [0.25, 0.3) is 10.0 Å². The molecular formula is C14H16ClNO2S2. The first kappa shape index (κ1) is 15.4. The lowest BCUT2D eigenvalue weighted by Gasteiger charge is -2.11. The zero-order valence-electron chi connectivity index (χ0n) is 11.1. The van der Waals surface area contributed by atoms with Gasteiger partial charge >= 0.3 is 0 Å². The maximum absolute atomic E-state index is 12.3. The van der Waals surface area contributed by atoms with E-state index in [0.29, 0.717) is 10.0 Å². The van der Waals surface area contributed by atoms with Crippen LogP contribution in [0.1, 0.15) is 25.3 Å². The SMILES string of the molecule is CCCCc1ccccc1NS(=O)(=O)c1ccc(Cl)s1. The van der Waals surface area contributed by atoms with Crippen LogP contribution in [0.5, 0.6) is 0 Å². The quantitative estimate of drug-likeness (QED) is 0.845. The fraction of sp³-hybridized carbons (Fsp3) is 0.286. The molecule has 0 radical (unpaired) electrons. The van der Waals surface area contributed by atoms with Gasteiger partial charge in [0.15, 0.2) is 0 Å². The van der Waals surface area contributed by atoms with Crippen LogP contribution in [-0.4, -0.2) is 8.42 Å². The number of thiophene rings is 1. The van der Waals surface area contributed by atoms with E-state index in [2.05, 4.69) is 11.6 Å². The molecule has 0 unspecified atom stereocenters. The second-order valence-corrected chi connectivity index (χ2v) is 8.05. The average molecular weight is 330 g/mol. The highest BCUT2D eigenvalue weighted by atomic mass is 35.5. The summed E-state index contributed by atoms with van der Waals surface area (Å²) in [5.41, 5.74) is 1.66. The van der Waals surface area contributed by atoms with Crippen LogP contribution >= 0.6 is 22.9 Å². The summed E-state index contributed by atoms with van der Waals surface area (Å²) in [7, 11) is -3.56. The Bertz CT molecular complexity index is 680. The van der Waals surface area contributed by atoms with E-state index in [4.69, 9.17) is 11.6 Å². The molecule has 0 aliphatic heterocycles. The number of anilines is 1. The van der Waals surface area contributed by atoms with Gasteiger partial charge in [0.1, 0.15) is 4.21 Å². The summed E-state index contributed by atoms with van der Waals surface area (Å²) >= 11 is 6.85. The summed E-state index contributed by atoms with van der Waals surface area (Å²) < 4.78 is 27.9. The lowest BCUT2D eigenvalue weighted by molar-refractivity contribution is 0.603. The number of nitrogens with one attached hydrogen (secondary N) is 1. The Hall–Kier alpha value is -1.04. The van der Waals surface area contributed by atoms with Crippen LogP contribution in [0.2, 0.25) is 4.34 Å². The van der Waals surface area contributed by atoms with Gasteiger partial charge in [-0.15, -0.1) is 11.3 Å². The number of benzene rings is 1. The third kappa shape index (κ3) is 3.75. The van der Waals surface area contributed by atoms with Gasteiger partial charge in [-0.25, -0.2) is 8.42 Å². The first-order chi connectivity index (χ1) is 9.53. The Morgan fingerprint density at radius 1 is 1.20 bits per heavy atom. The van der Waals surface area contributed by atoms with Gasteiger partial charge in [-0.2, -0.15) is 0 Å². The van der Waals surface area contributed by atoms with Crippen molar-refractivity contribution in [3.8, 4) is 0 Å². The van der Waals surface area contributed by atoms with Crippen LogP contribution in [0.15, 0.2) is 40.6 Å². The number of sulfonamides is 1. The van der Waals surface area contributed by atoms with Crippen LogP contribution in [0, 0.1) is 0 Å². The molecule has 3 nitrogen and oxygen atoms in total. The Kier molecular flexibility index (Phi) is 5.07. The average Bonchev–Trinajstić information content (AvgIpc) is 2.85. The monoisotopic (exact) mass is 329 g/mol. The molecule has 20 heavy (non-hydrogen) atoms. The van der Waals surface area contributed by atoms with Gasteiger partial charge < -0.3 is 0 Å². The minimum absolute atomic E-state index is 0.229. The van der Waals surface area contributed by atoms with Crippen molar-refractivity contribution in [1.29, 1.82) is 0 Å². The van der Waals surface area contributed by atoms with E-state index in [-0.39, 0.29) is 4.21 Å². The van der Waals surface area contributed by atoms with Crippen molar-refractivity contribution in [2.24, 2.45) is 0 Å². The number of hydrogen-bond donors (Lipinski definition) is 1. The number of aryl methyl sites for hydroxylation is 1. The molecule has 1 aromatic heterocycles. The van der Waals surface area contributed by atoms with E-state index < -0.39 is 10.0 Å². The lowest BCUT2D eigenvalue weighted by atomic mass is 10.1. The number of unbranched alkanes of at least 4 members (excludes halogenated alkanes) is 1. The van der Waals surface area contributed by atoms with E-state index in [1.165, 1.54) is 6.07 Å². The second-order valence-electron chi connectivity index (χ2n) is 4.42. The van der Waals surface area contributed by atoms with Crippen molar-refractivity contribution in [2.75, 3.05) is 4.72 Å². The van der Waals surface area contributed by atoms with Gasteiger partial charge in [0, 0.05) is 0 Å². The molecule has 1 N–H and O–H groups in total. The number of rotatable bonds is 6. The van der Waals surface area contributed by atoms with Crippen molar-refractivity contribution < 1.29 is 8.42 Å². The molecule has 0 spiro atoms. The highest BCUT2D eigenvalue weighted by Crippen LogP contribution is 2.28. The molecule has 2 aromatic rings. The van der Waals surface area contributed by atoms with Gasteiger partial charge in [0.05, 0.1) is 10.0 Å². The van der Waals surface area contributed by atoms with Gasteiger partial charge in [-0.05, 0) is 36.6 Å². The molecule has 0 aliphatic rings. The van der Waals surface area contributed by atoms with Crippen LogP contribution in [-0.2, 0) is 16.4 Å². The van der Waals surface area contributed by atoms with Gasteiger partial charge in [-0.3, -0.25) is 4.72 Å². The summed E-state index contributed by atoms with van der Waals surface area (Å²) in [5.74, 6) is 0. The molecular weight excluding hydrogens is 314 g/mol. The fourth-order valence-electron chi connectivity index (χ4n) is 1.84. The summed E-state index contributed by atoms with van der Waals surface area (Å²) in [6, 6.07) is 10.6. The molecule has 1 heterocycles. The first-order valence-corrected chi connectivity index (χ1v) is 9.07. The smallest absolute Gasteiger partial charge is 0.271 e. The fourth-order valence-corrected chi connectivity index (χ4v) is 4.43. The summed E-state index contributed by atoms with van der Waals surface area (Å²) in [5, 5.41) is 0. The summed E-state index contributed by atoms with van der Waals surface area (Å²) in [6.45, 7) is 2.11. The predicted octanol–water partition coefficient (Wildman–Crippen LogP) is 4.54. The standard InChI is InChI=1S/C14H16ClNO2S2/c1-2-3-6-11-7-4-5-8-12(11)16-20(17,18)14-10-9-13(15)19-14/h4-5,7-10,16H,2-3,6H2,1H3. The number of hydrogen-bond acceptors (Lipinski definition) is 3. The largest absolute Gasteiger partial charge is 0.279 e. The molecule has 0 saturated carbocycles. The van der Waals surface area contributed by atoms with Crippen molar-refractivity contribution >= 4 is 38.6 Å². The minimum atomic E-state index is -3.56. The maximum Gasteiger partial charge on any atom is 0.271 e. The predicted molar refractivity (Wildman–Crippen MR) is 85.2 cm³/mol. The molecule has 0 atom stereocenters. The Labute approximate surface area is 128 Å². The molecule has 1 aromatic carbocycles. The Balaban J connectivity index is 2.25. The highest BCUT2D eigenvalue weighted by molar-refractivity contribution is 7.94. The molecule has 0 amide bonds. The molecule has 108 valence electrons. The molecule has 2 rings (SSSR count). The molecule has 0 fully saturated rings. The van der Waals surface area contributed by atoms with Gasteiger partial charge in [-0.1, -0.05) is 43.1 Å². The zero-order chi connectivity index (χ0) is 14.6. The van der Waals surface area contributed by atoms with Crippen LogP contribution in [0.25, 0.3) is 0 Å². The van der Waals surface area contributed by atoms with E-state index in [0.717, 1.165) is 36.2 Å². The van der Waals surface area contributed by atoms with E-state index in [1.807, 2.05) is 18.2 Å². The first-order valence-electron chi connectivity index (χ1n) is 6.39. The summed E-state index contributed by atoms with van der Waals surface area (Å²) in [6.07, 6.45) is 2.96. The third-order valence-corrected chi connectivity index (χ3v) is 5.96. The Morgan fingerprint density at radius 3 is 2.60 bits per heavy atom. The lowest BCUT2D eigenvalue weighted by Crippen LogP contribution is -2.12. The van der Waals surface area contributed by atoms with Crippen LogP contribution < -0.4 is 4.72 Å². The van der Waals surface area contributed by atoms with E-state index >= 15 is 0 Å². The third-order valence-electron chi connectivity index (χ3n) is 2.87. The second kappa shape index (κ2) is 6.61. The van der Waals surface area contributed by atoms with Crippen LogP contribution in [0.4, 0.5) is 5.69 Å². The minimum Gasteiger partial charge on any atom is -0.279 e. The molecule has 0 saturated heterocycles. The maximum atomic E-state index is 12.3. The van der Waals surface area contributed by atoms with E-state index in [9.17, 15) is 8.42 Å². The topological polar surface area (TPSA) is 46.2 Å². The summed E-state index contributed by atoms with van der Waals surface area (Å²) in [4.78, 5) is 0. The highest BCUT2D eigenvalue weighted by Gasteiger charge is 2.17. The normalized spacial score (nSPS) is 11.5. The van der Waals surface area contributed by atoms with Gasteiger partial charge in [0.2, 0.25) is 0 Å². The van der Waals surface area contributed by atoms with Crippen molar-refractivity contribution in [3.63, 3.8) is 0 Å². The molecule has 0 aliphatic carbocycles. The zero-order valence-corrected chi connectivity index (χ0v) is 13.5. The number of halogens is 1. The Morgan fingerprint density at radius 2 is 1.95 bits per heavy atom. The van der Waals surface area contributed by atoms with Crippen molar-refractivity contribution in [2.45, 2.75) is 30.4 Å². The van der Waals surface area contributed by atoms with Crippen molar-refractivity contribution in [1.82, 2.24) is 0 Å².